The summed E-state index contributed by atoms with van der Waals surface area (Å²) < 4.78 is 4.69. The van der Waals surface area contributed by atoms with Gasteiger partial charge in [0.1, 0.15) is 0 Å². The van der Waals surface area contributed by atoms with Gasteiger partial charge in [0.2, 0.25) is 0 Å². The van der Waals surface area contributed by atoms with Crippen LogP contribution in [0.15, 0.2) is 0 Å². The Morgan fingerprint density at radius 1 is 0.824 bits per heavy atom. The van der Waals surface area contributed by atoms with E-state index in [-0.39, 0.29) is 48.3 Å². The summed E-state index contributed by atoms with van der Waals surface area (Å²) in [6.45, 7) is 2.72. The van der Waals surface area contributed by atoms with Crippen molar-refractivity contribution < 1.29 is 17.2 Å². The molecule has 0 aliphatic carbocycles. The standard InChI is InChI=1S/C12H27O3P.Sr.2H/c1-2-3-4-5-6-7-8-9-10-11-12-15-16(13)14;;;/h13-14H,2-12H2,1H3;;;/q;+2;2*-1. The Morgan fingerprint density at radius 3 is 1.65 bits per heavy atom. The van der Waals surface area contributed by atoms with Crippen LogP contribution < -0.4 is 0 Å². The third kappa shape index (κ3) is 20.3. The summed E-state index contributed by atoms with van der Waals surface area (Å²) >= 11 is 0. The fourth-order valence-electron chi connectivity index (χ4n) is 1.74. The maximum absolute atomic E-state index is 8.49. The van der Waals surface area contributed by atoms with E-state index in [1.165, 1.54) is 51.4 Å². The van der Waals surface area contributed by atoms with Gasteiger partial charge in [-0.2, -0.15) is 0 Å². The molecule has 0 aromatic carbocycles. The number of rotatable bonds is 12. The second kappa shape index (κ2) is 17.8. The van der Waals surface area contributed by atoms with Crippen LogP contribution in [-0.2, 0) is 4.52 Å². The maximum atomic E-state index is 8.49. The van der Waals surface area contributed by atoms with Crippen molar-refractivity contribution in [3.05, 3.63) is 0 Å². The molecule has 0 heterocycles. The molecule has 102 valence electrons. The second-order valence-corrected chi connectivity index (χ2v) is 5.03. The van der Waals surface area contributed by atoms with Crippen LogP contribution in [0.4, 0.5) is 0 Å². The topological polar surface area (TPSA) is 49.7 Å². The normalized spacial score (nSPS) is 10.6. The summed E-state index contributed by atoms with van der Waals surface area (Å²) in [5.74, 6) is 0. The Morgan fingerprint density at radius 2 is 1.24 bits per heavy atom. The Bertz CT molecular complexity index is 146. The molecule has 0 aliphatic heterocycles. The summed E-state index contributed by atoms with van der Waals surface area (Å²) in [7, 11) is -2.14. The molecule has 0 amide bonds. The fraction of sp³-hybridized carbons (Fsp3) is 1.00. The van der Waals surface area contributed by atoms with Crippen LogP contribution in [-0.4, -0.2) is 61.9 Å². The molecule has 0 saturated carbocycles. The average Bonchev–Trinajstić information content (AvgIpc) is 2.25. The van der Waals surface area contributed by atoms with Gasteiger partial charge in [-0.15, -0.1) is 0 Å². The molecule has 0 spiro atoms. The third-order valence-electron chi connectivity index (χ3n) is 2.70. The van der Waals surface area contributed by atoms with E-state index >= 15 is 0 Å². The summed E-state index contributed by atoms with van der Waals surface area (Å²) in [5, 5.41) is 0. The van der Waals surface area contributed by atoms with E-state index in [9.17, 15) is 0 Å². The molecule has 0 fully saturated rings. The van der Waals surface area contributed by atoms with Gasteiger partial charge in [-0.3, -0.25) is 0 Å². The van der Waals surface area contributed by atoms with Crippen molar-refractivity contribution in [2.24, 2.45) is 0 Å². The molecule has 0 aromatic rings. The van der Waals surface area contributed by atoms with Crippen LogP contribution >= 0.6 is 8.60 Å². The van der Waals surface area contributed by atoms with Crippen LogP contribution in [0.3, 0.4) is 0 Å². The summed E-state index contributed by atoms with van der Waals surface area (Å²) in [6.07, 6.45) is 12.8. The van der Waals surface area contributed by atoms with Crippen LogP contribution in [0, 0.1) is 0 Å². The van der Waals surface area contributed by atoms with E-state index < -0.39 is 8.60 Å². The molecule has 0 bridgehead atoms. The van der Waals surface area contributed by atoms with Crippen LogP contribution in [0.2, 0.25) is 0 Å². The van der Waals surface area contributed by atoms with Gasteiger partial charge in [-0.25, -0.2) is 0 Å². The zero-order chi connectivity index (χ0) is 12.1. The smallest absolute Gasteiger partial charge is 1.00 e. The van der Waals surface area contributed by atoms with E-state index in [1.807, 2.05) is 0 Å². The first kappa shape index (κ1) is 21.1. The first-order valence-corrected chi connectivity index (χ1v) is 7.74. The molecular weight excluding hydrogens is 311 g/mol. The van der Waals surface area contributed by atoms with Gasteiger partial charge in [0, 0.05) is 0 Å². The van der Waals surface area contributed by atoms with Gasteiger partial charge in [-0.1, -0.05) is 64.7 Å². The molecule has 2 N–H and O–H groups in total. The van der Waals surface area contributed by atoms with E-state index in [2.05, 4.69) is 11.4 Å². The van der Waals surface area contributed by atoms with E-state index in [1.54, 1.807) is 0 Å². The van der Waals surface area contributed by atoms with Crippen LogP contribution in [0.1, 0.15) is 74.0 Å². The van der Waals surface area contributed by atoms with Crippen LogP contribution in [0.5, 0.6) is 0 Å². The summed E-state index contributed by atoms with van der Waals surface area (Å²) in [4.78, 5) is 17.0. The van der Waals surface area contributed by atoms with Crippen molar-refractivity contribution in [1.82, 2.24) is 0 Å². The summed E-state index contributed by atoms with van der Waals surface area (Å²) in [6, 6.07) is 0. The van der Waals surface area contributed by atoms with Crippen molar-refractivity contribution in [2.75, 3.05) is 6.61 Å². The molecule has 5 heteroatoms. The molecule has 17 heavy (non-hydrogen) atoms. The number of hydrogen-bond acceptors (Lipinski definition) is 3. The van der Waals surface area contributed by atoms with Gasteiger partial charge in [0.05, 0.1) is 6.61 Å². The molecule has 0 aromatic heterocycles. The SMILES string of the molecule is CCCCCCCCCCCCOP(O)O.[H-].[H-].[Sr+2]. The van der Waals surface area contributed by atoms with Crippen molar-refractivity contribution in [3.8, 4) is 0 Å². The summed E-state index contributed by atoms with van der Waals surface area (Å²) in [5.41, 5.74) is 0. The van der Waals surface area contributed by atoms with Crippen LogP contribution in [0.25, 0.3) is 0 Å². The number of unbranched alkanes of at least 4 members (excludes halogenated alkanes) is 9. The first-order chi connectivity index (χ1) is 7.77. The fourth-order valence-corrected chi connectivity index (χ4v) is 2.03. The maximum Gasteiger partial charge on any atom is 2.00 e. The minimum Gasteiger partial charge on any atom is -1.00 e. The minimum atomic E-state index is -2.14. The Hall–Kier alpha value is 1.79. The van der Waals surface area contributed by atoms with Crippen molar-refractivity contribution in [3.63, 3.8) is 0 Å². The molecule has 0 aliphatic rings. The predicted octanol–water partition coefficient (Wildman–Crippen LogP) is 3.98. The van der Waals surface area contributed by atoms with E-state index in [0.29, 0.717) is 6.61 Å². The molecule has 0 unspecified atom stereocenters. The first-order valence-electron chi connectivity index (χ1n) is 6.58. The van der Waals surface area contributed by atoms with Gasteiger partial charge in [0.25, 0.3) is 0 Å². The van der Waals surface area contributed by atoms with Crippen molar-refractivity contribution in [2.45, 2.75) is 71.1 Å². The van der Waals surface area contributed by atoms with E-state index in [0.717, 1.165) is 12.8 Å². The Labute approximate surface area is 148 Å². The molecule has 0 atom stereocenters. The largest absolute Gasteiger partial charge is 2.00 e. The van der Waals surface area contributed by atoms with Gasteiger partial charge < -0.3 is 17.2 Å². The zero-order valence-electron chi connectivity index (χ0n) is 13.2. The average molecular weight is 340 g/mol. The van der Waals surface area contributed by atoms with Gasteiger partial charge in [0.15, 0.2) is 0 Å². The van der Waals surface area contributed by atoms with Gasteiger partial charge in [-0.05, 0) is 6.42 Å². The zero-order valence-corrected chi connectivity index (χ0v) is 15.6. The predicted molar refractivity (Wildman–Crippen MR) is 77.1 cm³/mol. The van der Waals surface area contributed by atoms with Gasteiger partial charge >= 0.3 is 54.1 Å². The second-order valence-electron chi connectivity index (χ2n) is 4.27. The molecule has 3 nitrogen and oxygen atoms in total. The molecule has 0 rings (SSSR count). The molecule has 0 saturated heterocycles. The Kier molecular flexibility index (Phi) is 22.1. The monoisotopic (exact) mass is 340 g/mol. The van der Waals surface area contributed by atoms with Crippen molar-refractivity contribution >= 4 is 54.1 Å². The Balaban J connectivity index is -0.000000375. The van der Waals surface area contributed by atoms with E-state index in [4.69, 9.17) is 9.79 Å². The quantitative estimate of drug-likeness (QED) is 0.321. The third-order valence-corrected chi connectivity index (χ3v) is 3.12. The number of hydrogen-bond donors (Lipinski definition) is 2. The minimum absolute atomic E-state index is 0. The molecule has 0 radical (unpaired) electrons. The van der Waals surface area contributed by atoms with Crippen molar-refractivity contribution in [1.29, 1.82) is 0 Å². The molecular formula is C12H29O3PSr.